The van der Waals surface area contributed by atoms with Gasteiger partial charge in [-0.2, -0.15) is 5.10 Å². The van der Waals surface area contributed by atoms with E-state index in [1.54, 1.807) is 25.1 Å². The lowest BCUT2D eigenvalue weighted by Gasteiger charge is -2.35. The molecule has 0 aromatic carbocycles. The molecule has 1 saturated heterocycles. The van der Waals surface area contributed by atoms with E-state index in [4.69, 9.17) is 0 Å². The monoisotopic (exact) mass is 357 g/mol. The van der Waals surface area contributed by atoms with E-state index in [0.29, 0.717) is 18.8 Å². The summed E-state index contributed by atoms with van der Waals surface area (Å²) in [7, 11) is 3.72. The number of aromatic nitrogens is 3. The summed E-state index contributed by atoms with van der Waals surface area (Å²) < 4.78 is 3.76. The summed E-state index contributed by atoms with van der Waals surface area (Å²) in [6.07, 6.45) is 6.71. The Hall–Kier alpha value is -2.57. The van der Waals surface area contributed by atoms with E-state index in [2.05, 4.69) is 5.10 Å². The van der Waals surface area contributed by atoms with E-state index >= 15 is 0 Å². The molecule has 3 rings (SSSR count). The van der Waals surface area contributed by atoms with Gasteiger partial charge in [-0.3, -0.25) is 14.3 Å². The molecule has 0 bridgehead atoms. The number of amides is 2. The fourth-order valence-corrected chi connectivity index (χ4v) is 3.67. The maximum absolute atomic E-state index is 12.8. The van der Waals surface area contributed by atoms with Crippen LogP contribution in [-0.4, -0.2) is 56.1 Å². The largest absolute Gasteiger partial charge is 0.342 e. The summed E-state index contributed by atoms with van der Waals surface area (Å²) in [5, 5.41) is 4.16. The predicted molar refractivity (Wildman–Crippen MR) is 98.6 cm³/mol. The highest BCUT2D eigenvalue weighted by Crippen LogP contribution is 2.31. The molecule has 7 nitrogen and oxygen atoms in total. The molecule has 140 valence electrons. The topological polar surface area (TPSA) is 63.4 Å². The van der Waals surface area contributed by atoms with Crippen molar-refractivity contribution < 1.29 is 9.59 Å². The van der Waals surface area contributed by atoms with Crippen molar-refractivity contribution >= 4 is 11.8 Å². The van der Waals surface area contributed by atoms with Crippen molar-refractivity contribution in [3.63, 3.8) is 0 Å². The number of carbonyl (C=O) groups excluding carboxylic acids is 2. The van der Waals surface area contributed by atoms with Crippen LogP contribution in [0.25, 0.3) is 0 Å². The molecule has 0 saturated carbocycles. The third-order valence-electron chi connectivity index (χ3n) is 5.20. The summed E-state index contributed by atoms with van der Waals surface area (Å²) in [6, 6.07) is 5.79. The number of likely N-dealkylation sites (N-methyl/N-ethyl adjacent to an activating group) is 1. The van der Waals surface area contributed by atoms with Crippen molar-refractivity contribution in [2.45, 2.75) is 38.8 Å². The molecule has 0 unspecified atom stereocenters. The molecule has 2 aromatic rings. The number of rotatable bonds is 5. The molecule has 1 aliphatic rings. The minimum absolute atomic E-state index is 0.0175. The van der Waals surface area contributed by atoms with Crippen molar-refractivity contribution in [1.82, 2.24) is 24.1 Å². The van der Waals surface area contributed by atoms with Crippen LogP contribution in [0.5, 0.6) is 0 Å². The van der Waals surface area contributed by atoms with E-state index in [-0.39, 0.29) is 17.9 Å². The zero-order chi connectivity index (χ0) is 18.7. The number of carbonyl (C=O) groups is 2. The first-order valence-corrected chi connectivity index (χ1v) is 9.14. The average molecular weight is 357 g/mol. The summed E-state index contributed by atoms with van der Waals surface area (Å²) in [5.41, 5.74) is 1.68. The van der Waals surface area contributed by atoms with Gasteiger partial charge in [0.1, 0.15) is 5.69 Å². The number of nitrogens with zero attached hydrogens (tertiary/aromatic N) is 5. The van der Waals surface area contributed by atoms with E-state index in [9.17, 15) is 9.59 Å². The van der Waals surface area contributed by atoms with Crippen LogP contribution < -0.4 is 0 Å². The molecular weight excluding hydrogens is 330 g/mol. The molecule has 2 aromatic heterocycles. The van der Waals surface area contributed by atoms with Gasteiger partial charge in [-0.05, 0) is 37.5 Å². The minimum Gasteiger partial charge on any atom is -0.342 e. The zero-order valence-corrected chi connectivity index (χ0v) is 15.8. The quantitative estimate of drug-likeness (QED) is 0.823. The molecule has 7 heteroatoms. The maximum atomic E-state index is 12.8. The highest BCUT2D eigenvalue weighted by atomic mass is 16.2. The fraction of sp³-hybridized carbons (Fsp3) is 0.526. The SMILES string of the molecule is CC(=O)N1CCCC[C@@H]1c1ccc(C(=O)N(C)CCn2cccn2)n1C. The number of piperidine rings is 1. The number of likely N-dealkylation sites (tertiary alicyclic amines) is 1. The van der Waals surface area contributed by atoms with Gasteiger partial charge in [0.05, 0.1) is 12.6 Å². The van der Waals surface area contributed by atoms with E-state index in [0.717, 1.165) is 31.5 Å². The standard InChI is InChI=1S/C19H27N5O2/c1-15(25)24-12-5-4-7-17(24)16-8-9-18(22(16)3)19(26)21(2)13-14-23-11-6-10-20-23/h6,8-11,17H,4-5,7,12-14H2,1-3H3/t17-/m1/s1. The minimum atomic E-state index is -0.0175. The Morgan fingerprint density at radius 2 is 2.12 bits per heavy atom. The van der Waals surface area contributed by atoms with Crippen LogP contribution in [0.4, 0.5) is 0 Å². The second-order valence-electron chi connectivity index (χ2n) is 6.92. The summed E-state index contributed by atoms with van der Waals surface area (Å²) in [6.45, 7) is 3.66. The lowest BCUT2D eigenvalue weighted by atomic mass is 9.99. The van der Waals surface area contributed by atoms with Crippen LogP contribution in [0.1, 0.15) is 48.4 Å². The molecule has 0 N–H and O–H groups in total. The van der Waals surface area contributed by atoms with Crippen molar-refractivity contribution in [3.05, 3.63) is 42.0 Å². The van der Waals surface area contributed by atoms with E-state index < -0.39 is 0 Å². The molecule has 0 aliphatic carbocycles. The maximum Gasteiger partial charge on any atom is 0.270 e. The van der Waals surface area contributed by atoms with Crippen molar-refractivity contribution in [3.8, 4) is 0 Å². The molecule has 1 aliphatic heterocycles. The van der Waals surface area contributed by atoms with Gasteiger partial charge in [-0.15, -0.1) is 0 Å². The molecular formula is C19H27N5O2. The second-order valence-corrected chi connectivity index (χ2v) is 6.92. The van der Waals surface area contributed by atoms with Gasteiger partial charge in [0, 0.05) is 52.2 Å². The Morgan fingerprint density at radius 1 is 1.31 bits per heavy atom. The van der Waals surface area contributed by atoms with Gasteiger partial charge in [0.2, 0.25) is 5.91 Å². The summed E-state index contributed by atoms with van der Waals surface area (Å²) >= 11 is 0. The van der Waals surface area contributed by atoms with Gasteiger partial charge in [-0.25, -0.2) is 0 Å². The van der Waals surface area contributed by atoms with Gasteiger partial charge < -0.3 is 14.4 Å². The molecule has 2 amide bonds. The van der Waals surface area contributed by atoms with Crippen molar-refractivity contribution in [1.29, 1.82) is 0 Å². The highest BCUT2D eigenvalue weighted by molar-refractivity contribution is 5.92. The first kappa shape index (κ1) is 18.2. The van der Waals surface area contributed by atoms with Gasteiger partial charge >= 0.3 is 0 Å². The third kappa shape index (κ3) is 3.66. The Bertz CT molecular complexity index is 765. The molecule has 1 atom stereocenters. The highest BCUT2D eigenvalue weighted by Gasteiger charge is 2.29. The van der Waals surface area contributed by atoms with Crippen molar-refractivity contribution in [2.24, 2.45) is 7.05 Å². The van der Waals surface area contributed by atoms with Gasteiger partial charge in [0.15, 0.2) is 0 Å². The predicted octanol–water partition coefficient (Wildman–Crippen LogP) is 2.07. The Kier molecular flexibility index (Phi) is 5.44. The number of hydrogen-bond donors (Lipinski definition) is 0. The van der Waals surface area contributed by atoms with Gasteiger partial charge in [0.25, 0.3) is 5.91 Å². The van der Waals surface area contributed by atoms with E-state index in [1.807, 2.05) is 45.6 Å². The first-order valence-electron chi connectivity index (χ1n) is 9.14. The molecule has 0 radical (unpaired) electrons. The van der Waals surface area contributed by atoms with Crippen molar-refractivity contribution in [2.75, 3.05) is 20.1 Å². The van der Waals surface area contributed by atoms with Crippen LogP contribution in [0.2, 0.25) is 0 Å². The third-order valence-corrected chi connectivity index (χ3v) is 5.20. The zero-order valence-electron chi connectivity index (χ0n) is 15.8. The molecule has 3 heterocycles. The Morgan fingerprint density at radius 3 is 2.81 bits per heavy atom. The van der Waals surface area contributed by atoms with Crippen LogP contribution in [0.15, 0.2) is 30.6 Å². The van der Waals surface area contributed by atoms with E-state index in [1.165, 1.54) is 0 Å². The van der Waals surface area contributed by atoms with Gasteiger partial charge in [-0.1, -0.05) is 0 Å². The average Bonchev–Trinajstić information content (AvgIpc) is 3.28. The normalized spacial score (nSPS) is 17.3. The molecule has 26 heavy (non-hydrogen) atoms. The number of hydrogen-bond acceptors (Lipinski definition) is 3. The van der Waals surface area contributed by atoms with Crippen LogP contribution in [0.3, 0.4) is 0 Å². The summed E-state index contributed by atoms with van der Waals surface area (Å²) in [4.78, 5) is 28.4. The Labute approximate surface area is 154 Å². The smallest absolute Gasteiger partial charge is 0.270 e. The molecule has 1 fully saturated rings. The lowest BCUT2D eigenvalue weighted by Crippen LogP contribution is -2.38. The van der Waals surface area contributed by atoms with Crippen LogP contribution >= 0.6 is 0 Å². The van der Waals surface area contributed by atoms with Crippen LogP contribution in [0, 0.1) is 0 Å². The first-order chi connectivity index (χ1) is 12.5. The van der Waals surface area contributed by atoms with Crippen LogP contribution in [-0.2, 0) is 18.4 Å². The Balaban J connectivity index is 1.73. The lowest BCUT2D eigenvalue weighted by molar-refractivity contribution is -0.132. The molecule has 0 spiro atoms. The fourth-order valence-electron chi connectivity index (χ4n) is 3.67. The second kappa shape index (κ2) is 7.76. The summed E-state index contributed by atoms with van der Waals surface area (Å²) in [5.74, 6) is 0.0798.